The van der Waals surface area contributed by atoms with Gasteiger partial charge in [0.25, 0.3) is 5.91 Å². The van der Waals surface area contributed by atoms with Crippen LogP contribution in [0.4, 0.5) is 4.79 Å². The summed E-state index contributed by atoms with van der Waals surface area (Å²) >= 11 is 0. The predicted molar refractivity (Wildman–Crippen MR) is 185 cm³/mol. The Labute approximate surface area is 350 Å². The Morgan fingerprint density at radius 2 is 1.53 bits per heavy atom. The fourth-order valence-corrected chi connectivity index (χ4v) is 6.24. The SMILES string of the molecule is C[C@@H](NC(=O)[C@@](C)(Cc1cn(C(=O)c2ccccc2COP(=O)([O-])[O-])c2ccccc12)NC(=O)OCc1cc2ccccc2o1)c1ccccc1.[Na+].[Na+]. The van der Waals surface area contributed by atoms with E-state index in [2.05, 4.69) is 15.2 Å². The quantitative estimate of drug-likeness (QED) is 0.124. The fraction of sp³-hybridized carbons (Fsp3) is 0.184. The summed E-state index contributed by atoms with van der Waals surface area (Å²) in [7, 11) is -5.30. The predicted octanol–water partition coefficient (Wildman–Crippen LogP) is -0.466. The summed E-state index contributed by atoms with van der Waals surface area (Å²) in [5.41, 5.74) is 1.28. The van der Waals surface area contributed by atoms with Crippen molar-refractivity contribution in [2.75, 3.05) is 0 Å². The summed E-state index contributed by atoms with van der Waals surface area (Å²) in [5.74, 6) is -0.592. The van der Waals surface area contributed by atoms with E-state index < -0.39 is 43.9 Å². The van der Waals surface area contributed by atoms with Crippen molar-refractivity contribution in [2.24, 2.45) is 0 Å². The number of carbonyl (C=O) groups excluding carboxylic acids is 3. The molecule has 2 atom stereocenters. The van der Waals surface area contributed by atoms with E-state index in [0.717, 1.165) is 10.9 Å². The van der Waals surface area contributed by atoms with Gasteiger partial charge in [-0.1, -0.05) is 84.9 Å². The molecule has 0 aliphatic rings. The van der Waals surface area contributed by atoms with E-state index in [1.165, 1.54) is 16.7 Å². The van der Waals surface area contributed by atoms with Gasteiger partial charge in [-0.25, -0.2) is 4.79 Å². The molecule has 262 valence electrons. The number of amides is 2. The molecule has 0 unspecified atom stereocenters. The van der Waals surface area contributed by atoms with E-state index >= 15 is 0 Å². The van der Waals surface area contributed by atoms with Gasteiger partial charge in [-0.3, -0.25) is 14.2 Å². The van der Waals surface area contributed by atoms with Crippen LogP contribution in [0.25, 0.3) is 21.9 Å². The summed E-state index contributed by atoms with van der Waals surface area (Å²) in [5, 5.41) is 7.26. The van der Waals surface area contributed by atoms with Crippen molar-refractivity contribution < 1.29 is 102 Å². The third-order valence-corrected chi connectivity index (χ3v) is 8.98. The standard InChI is InChI=1S/C38H36N3O9P.2Na/c1-25(26-12-4-3-5-13-26)39-36(43)38(2,40-37(44)48-24-30-20-27-14-7-11-19-34(27)50-30)21-29-22-41(33-18-10-9-16-31(29)33)35(42)32-17-8-6-15-28(32)23-49-51(45,46)47;;/h3-20,22,25H,21,23-24H2,1-2H3,(H,39,43)(H,40,44)(H2,45,46,47);;/q;2*+1/p-2/t25-,38-;;/m1../s1. The smallest absolute Gasteiger partial charge is 0.790 e. The number of para-hydroxylation sites is 2. The second-order valence-corrected chi connectivity index (χ2v) is 13.4. The van der Waals surface area contributed by atoms with Gasteiger partial charge in [0.1, 0.15) is 16.9 Å². The minimum Gasteiger partial charge on any atom is -0.790 e. The van der Waals surface area contributed by atoms with Crippen LogP contribution in [-0.2, 0) is 38.3 Å². The van der Waals surface area contributed by atoms with Crippen LogP contribution in [0, 0.1) is 0 Å². The van der Waals surface area contributed by atoms with E-state index in [0.29, 0.717) is 27.8 Å². The number of rotatable bonds is 12. The number of aromatic nitrogens is 1. The average Bonchev–Trinajstić information content (AvgIpc) is 3.71. The summed E-state index contributed by atoms with van der Waals surface area (Å²) in [4.78, 5) is 63.8. The molecule has 12 nitrogen and oxygen atoms in total. The molecule has 0 aliphatic heterocycles. The van der Waals surface area contributed by atoms with Gasteiger partial charge in [-0.2, -0.15) is 0 Å². The number of ether oxygens (including phenoxy) is 1. The molecule has 0 saturated carbocycles. The Balaban J connectivity index is 0.00000314. The zero-order valence-corrected chi connectivity index (χ0v) is 34.6. The molecule has 0 radical (unpaired) electrons. The maximum atomic E-state index is 14.1. The molecule has 0 bridgehead atoms. The normalized spacial score (nSPS) is 12.9. The summed E-state index contributed by atoms with van der Waals surface area (Å²) < 4.78 is 28.3. The van der Waals surface area contributed by atoms with Crippen molar-refractivity contribution in [3.05, 3.63) is 143 Å². The van der Waals surface area contributed by atoms with Crippen LogP contribution in [0.15, 0.2) is 120 Å². The zero-order valence-electron chi connectivity index (χ0n) is 29.7. The third-order valence-electron chi connectivity index (χ3n) is 8.53. The van der Waals surface area contributed by atoms with Gasteiger partial charge in [0.15, 0.2) is 6.61 Å². The molecule has 6 rings (SSSR count). The molecule has 0 fully saturated rings. The Morgan fingerprint density at radius 1 is 0.868 bits per heavy atom. The van der Waals surface area contributed by atoms with Crippen molar-refractivity contribution in [3.63, 3.8) is 0 Å². The maximum Gasteiger partial charge on any atom is 1.00 e. The third kappa shape index (κ3) is 10.4. The first-order chi connectivity index (χ1) is 24.4. The second kappa shape index (κ2) is 18.2. The molecule has 2 aromatic heterocycles. The van der Waals surface area contributed by atoms with E-state index in [9.17, 15) is 28.7 Å². The van der Waals surface area contributed by atoms with Gasteiger partial charge in [0.2, 0.25) is 5.91 Å². The minimum atomic E-state index is -5.30. The fourth-order valence-electron chi connectivity index (χ4n) is 5.94. The van der Waals surface area contributed by atoms with Crippen LogP contribution >= 0.6 is 7.82 Å². The number of hydrogen-bond donors (Lipinski definition) is 2. The molecular formula is C38H34N3Na2O9P. The van der Waals surface area contributed by atoms with Crippen molar-refractivity contribution in [1.82, 2.24) is 15.2 Å². The molecular weight excluding hydrogens is 719 g/mol. The first-order valence-electron chi connectivity index (χ1n) is 16.1. The summed E-state index contributed by atoms with van der Waals surface area (Å²) in [6.45, 7) is 2.62. The Hall–Kier alpha value is -3.52. The molecule has 0 spiro atoms. The molecule has 2 heterocycles. The van der Waals surface area contributed by atoms with Crippen LogP contribution in [0.1, 0.15) is 52.7 Å². The van der Waals surface area contributed by atoms with E-state index in [1.54, 1.807) is 61.7 Å². The Bertz CT molecular complexity index is 2240. The largest absolute Gasteiger partial charge is 1.00 e. The van der Waals surface area contributed by atoms with Crippen LogP contribution in [0.2, 0.25) is 0 Å². The maximum absolute atomic E-state index is 14.1. The molecule has 53 heavy (non-hydrogen) atoms. The number of nitrogens with one attached hydrogen (secondary N) is 2. The average molecular weight is 754 g/mol. The first-order valence-corrected chi connectivity index (χ1v) is 17.5. The van der Waals surface area contributed by atoms with Crippen LogP contribution < -0.4 is 79.5 Å². The van der Waals surface area contributed by atoms with Gasteiger partial charge < -0.3 is 38.7 Å². The molecule has 4 aromatic carbocycles. The molecule has 2 amide bonds. The van der Waals surface area contributed by atoms with Gasteiger partial charge >= 0.3 is 65.2 Å². The van der Waals surface area contributed by atoms with Crippen LogP contribution in [0.3, 0.4) is 0 Å². The number of benzene rings is 4. The molecule has 6 aromatic rings. The first kappa shape index (κ1) is 42.2. The van der Waals surface area contributed by atoms with E-state index in [-0.39, 0.29) is 83.3 Å². The van der Waals surface area contributed by atoms with E-state index in [1.807, 2.05) is 55.5 Å². The van der Waals surface area contributed by atoms with E-state index in [4.69, 9.17) is 9.15 Å². The second-order valence-electron chi connectivity index (χ2n) is 12.3. The van der Waals surface area contributed by atoms with Crippen molar-refractivity contribution >= 4 is 47.6 Å². The van der Waals surface area contributed by atoms with Gasteiger partial charge in [-0.05, 0) is 54.8 Å². The number of carbonyl (C=O) groups is 3. The number of hydrogen-bond acceptors (Lipinski definition) is 9. The van der Waals surface area contributed by atoms with Crippen LogP contribution in [-0.4, -0.2) is 28.0 Å². The molecule has 2 N–H and O–H groups in total. The minimum absolute atomic E-state index is 0. The summed E-state index contributed by atoms with van der Waals surface area (Å²) in [6, 6.07) is 31.3. The number of fused-ring (bicyclic) bond motifs is 2. The number of furan rings is 1. The number of phosphoric ester groups is 1. The zero-order chi connectivity index (χ0) is 36.2. The summed E-state index contributed by atoms with van der Waals surface area (Å²) in [6.07, 6.45) is 0.661. The topological polar surface area (TPSA) is 175 Å². The van der Waals surface area contributed by atoms with Gasteiger partial charge in [-0.15, -0.1) is 0 Å². The molecule has 0 aliphatic carbocycles. The van der Waals surface area contributed by atoms with Crippen molar-refractivity contribution in [2.45, 2.75) is 45.1 Å². The van der Waals surface area contributed by atoms with Gasteiger partial charge in [0.05, 0.1) is 26.0 Å². The number of alkyl carbamates (subject to hydrolysis) is 1. The molecule has 15 heteroatoms. The molecule has 0 saturated heterocycles. The van der Waals surface area contributed by atoms with Crippen molar-refractivity contribution in [3.8, 4) is 0 Å². The van der Waals surface area contributed by atoms with Crippen LogP contribution in [0.5, 0.6) is 0 Å². The number of phosphoric acid groups is 1. The van der Waals surface area contributed by atoms with Crippen molar-refractivity contribution in [1.29, 1.82) is 0 Å². The van der Waals surface area contributed by atoms with Gasteiger partial charge in [0, 0.05) is 29.0 Å². The monoisotopic (exact) mass is 753 g/mol. The Morgan fingerprint density at radius 3 is 2.26 bits per heavy atom. The number of nitrogens with zero attached hydrogens (tertiary/aromatic N) is 1. The Kier molecular flexibility index (Phi) is 14.5.